The van der Waals surface area contributed by atoms with Crippen molar-refractivity contribution in [3.8, 4) is 0 Å². The van der Waals surface area contributed by atoms with Gasteiger partial charge in [0.05, 0.1) is 10.6 Å². The van der Waals surface area contributed by atoms with Crippen molar-refractivity contribution in [2.75, 3.05) is 24.2 Å². The fraction of sp³-hybridized carbons (Fsp3) is 0.350. The molecule has 0 unspecified atom stereocenters. The Kier molecular flexibility index (Phi) is 8.24. The highest BCUT2D eigenvalue weighted by atomic mass is 32.2. The number of nitrogens with one attached hydrogen (secondary N) is 1. The molecule has 0 bridgehead atoms. The lowest BCUT2D eigenvalue weighted by Gasteiger charge is -2.18. The Hall–Kier alpha value is -2.21. The lowest BCUT2D eigenvalue weighted by atomic mass is 10.3. The summed E-state index contributed by atoms with van der Waals surface area (Å²) in [6, 6.07) is 10.3. The number of hydrogen-bond acceptors (Lipinski definition) is 7. The molecule has 0 radical (unpaired) electrons. The predicted octanol–water partition coefficient (Wildman–Crippen LogP) is 3.34. The molecule has 1 amide bonds. The summed E-state index contributed by atoms with van der Waals surface area (Å²) in [6.07, 6.45) is 2.56. The van der Waals surface area contributed by atoms with Gasteiger partial charge in [-0.15, -0.1) is 21.5 Å². The zero-order valence-electron chi connectivity index (χ0n) is 17.4. The van der Waals surface area contributed by atoms with Gasteiger partial charge in [-0.2, -0.15) is 4.31 Å². The maximum absolute atomic E-state index is 12.5. The summed E-state index contributed by atoms with van der Waals surface area (Å²) in [5, 5.41) is 13.6. The van der Waals surface area contributed by atoms with Crippen molar-refractivity contribution >= 4 is 44.7 Å². The molecule has 0 saturated heterocycles. The number of thiophene rings is 1. The second-order valence-electron chi connectivity index (χ2n) is 6.59. The van der Waals surface area contributed by atoms with Gasteiger partial charge in [0.2, 0.25) is 15.9 Å². The molecule has 1 aromatic carbocycles. The monoisotopic (exact) mass is 479 g/mol. The van der Waals surface area contributed by atoms with Crippen molar-refractivity contribution in [1.82, 2.24) is 19.1 Å². The van der Waals surface area contributed by atoms with E-state index in [0.717, 1.165) is 13.0 Å². The third-order valence-corrected chi connectivity index (χ3v) is 8.55. The van der Waals surface area contributed by atoms with E-state index in [-0.39, 0.29) is 16.6 Å². The summed E-state index contributed by atoms with van der Waals surface area (Å²) < 4.78 is 28.4. The highest BCUT2D eigenvalue weighted by molar-refractivity contribution is 7.99. The first kappa shape index (κ1) is 23.5. The second-order valence-corrected chi connectivity index (χ2v) is 10.5. The first-order chi connectivity index (χ1) is 14.9. The Morgan fingerprint density at radius 2 is 1.94 bits per heavy atom. The normalized spacial score (nSPS) is 11.7. The van der Waals surface area contributed by atoms with Crippen LogP contribution in [0.2, 0.25) is 0 Å². The van der Waals surface area contributed by atoms with Gasteiger partial charge < -0.3 is 9.88 Å². The van der Waals surface area contributed by atoms with Crippen LogP contribution in [0.25, 0.3) is 0 Å². The SMILES string of the molecule is CCN(CC)S(=O)(=O)c1ccc(NC(=O)CSc2nncn2CCc2cccs2)cc1. The van der Waals surface area contributed by atoms with Crippen LogP contribution in [0.15, 0.2) is 58.2 Å². The van der Waals surface area contributed by atoms with Crippen molar-refractivity contribution in [3.05, 3.63) is 53.0 Å². The maximum Gasteiger partial charge on any atom is 0.243 e. The van der Waals surface area contributed by atoms with Gasteiger partial charge in [-0.1, -0.05) is 31.7 Å². The summed E-state index contributed by atoms with van der Waals surface area (Å²) >= 11 is 3.02. The molecule has 8 nitrogen and oxygen atoms in total. The molecule has 31 heavy (non-hydrogen) atoms. The lowest BCUT2D eigenvalue weighted by molar-refractivity contribution is -0.113. The first-order valence-electron chi connectivity index (χ1n) is 9.87. The van der Waals surface area contributed by atoms with Crippen LogP contribution in [-0.4, -0.2) is 52.2 Å². The first-order valence-corrected chi connectivity index (χ1v) is 13.2. The number of carbonyl (C=O) groups is 1. The van der Waals surface area contributed by atoms with Gasteiger partial charge in [0, 0.05) is 30.2 Å². The van der Waals surface area contributed by atoms with Crippen LogP contribution < -0.4 is 5.32 Å². The number of aryl methyl sites for hydroxylation is 2. The molecule has 0 aliphatic carbocycles. The van der Waals surface area contributed by atoms with Gasteiger partial charge >= 0.3 is 0 Å². The largest absolute Gasteiger partial charge is 0.325 e. The zero-order valence-corrected chi connectivity index (χ0v) is 19.8. The molecule has 0 saturated carbocycles. The highest BCUT2D eigenvalue weighted by Gasteiger charge is 2.21. The third kappa shape index (κ3) is 6.16. The van der Waals surface area contributed by atoms with E-state index in [1.165, 1.54) is 33.1 Å². The minimum absolute atomic E-state index is 0.178. The van der Waals surface area contributed by atoms with Crippen LogP contribution >= 0.6 is 23.1 Å². The lowest BCUT2D eigenvalue weighted by Crippen LogP contribution is -2.30. The van der Waals surface area contributed by atoms with Crippen molar-refractivity contribution in [1.29, 1.82) is 0 Å². The van der Waals surface area contributed by atoms with Gasteiger partial charge in [0.15, 0.2) is 5.16 Å². The number of benzene rings is 1. The molecule has 0 atom stereocenters. The topological polar surface area (TPSA) is 97.2 Å². The summed E-state index contributed by atoms with van der Waals surface area (Å²) in [7, 11) is -3.51. The number of amides is 1. The summed E-state index contributed by atoms with van der Waals surface area (Å²) in [5.74, 6) is -0.0193. The molecular weight excluding hydrogens is 454 g/mol. The number of thioether (sulfide) groups is 1. The molecule has 0 spiro atoms. The maximum atomic E-state index is 12.5. The number of nitrogens with zero attached hydrogens (tertiary/aromatic N) is 4. The predicted molar refractivity (Wildman–Crippen MR) is 124 cm³/mol. The fourth-order valence-electron chi connectivity index (χ4n) is 2.95. The van der Waals surface area contributed by atoms with Gasteiger partial charge in [-0.25, -0.2) is 8.42 Å². The number of sulfonamides is 1. The Morgan fingerprint density at radius 3 is 2.58 bits per heavy atom. The molecule has 0 aliphatic rings. The van der Waals surface area contributed by atoms with E-state index in [1.54, 1.807) is 43.6 Å². The average Bonchev–Trinajstić information content (AvgIpc) is 3.43. The number of aromatic nitrogens is 3. The van der Waals surface area contributed by atoms with E-state index in [0.29, 0.717) is 23.9 Å². The Bertz CT molecular complexity index is 1080. The van der Waals surface area contributed by atoms with Crippen LogP contribution in [0.3, 0.4) is 0 Å². The van der Waals surface area contributed by atoms with Crippen molar-refractivity contribution in [2.24, 2.45) is 0 Å². The molecule has 3 rings (SSSR count). The Morgan fingerprint density at radius 1 is 1.19 bits per heavy atom. The molecular formula is C20H25N5O3S3. The Balaban J connectivity index is 1.53. The second kappa shape index (κ2) is 10.9. The van der Waals surface area contributed by atoms with E-state index >= 15 is 0 Å². The van der Waals surface area contributed by atoms with Crippen LogP contribution in [0.4, 0.5) is 5.69 Å². The van der Waals surface area contributed by atoms with Crippen molar-refractivity contribution < 1.29 is 13.2 Å². The minimum Gasteiger partial charge on any atom is -0.325 e. The molecule has 11 heteroatoms. The molecule has 0 aliphatic heterocycles. The zero-order chi connectivity index (χ0) is 22.3. The van der Waals surface area contributed by atoms with Gasteiger partial charge in [0.25, 0.3) is 0 Å². The fourth-order valence-corrected chi connectivity index (χ4v) is 5.84. The van der Waals surface area contributed by atoms with Crippen LogP contribution in [-0.2, 0) is 27.8 Å². The molecule has 166 valence electrons. The minimum atomic E-state index is -3.51. The molecule has 1 N–H and O–H groups in total. The summed E-state index contributed by atoms with van der Waals surface area (Å²) in [4.78, 5) is 13.8. The van der Waals surface area contributed by atoms with Gasteiger partial charge in [0.1, 0.15) is 6.33 Å². The highest BCUT2D eigenvalue weighted by Crippen LogP contribution is 2.20. The molecule has 2 heterocycles. The molecule has 2 aromatic heterocycles. The smallest absolute Gasteiger partial charge is 0.243 e. The van der Waals surface area contributed by atoms with Crippen molar-refractivity contribution in [2.45, 2.75) is 36.9 Å². The summed E-state index contributed by atoms with van der Waals surface area (Å²) in [5.41, 5.74) is 0.545. The van der Waals surface area contributed by atoms with E-state index in [9.17, 15) is 13.2 Å². The quantitative estimate of drug-likeness (QED) is 0.424. The Labute approximate surface area is 190 Å². The third-order valence-electron chi connectivity index (χ3n) is 4.57. The van der Waals surface area contributed by atoms with E-state index in [2.05, 4.69) is 21.6 Å². The number of rotatable bonds is 11. The van der Waals surface area contributed by atoms with Crippen LogP contribution in [0.5, 0.6) is 0 Å². The van der Waals surface area contributed by atoms with Crippen LogP contribution in [0, 0.1) is 0 Å². The van der Waals surface area contributed by atoms with Gasteiger partial charge in [-0.3, -0.25) is 4.79 Å². The van der Waals surface area contributed by atoms with Crippen LogP contribution in [0.1, 0.15) is 18.7 Å². The number of anilines is 1. The van der Waals surface area contributed by atoms with E-state index in [1.807, 2.05) is 16.0 Å². The average molecular weight is 480 g/mol. The number of carbonyl (C=O) groups excluding carboxylic acids is 1. The molecule has 3 aromatic rings. The van der Waals surface area contributed by atoms with E-state index < -0.39 is 10.0 Å². The number of hydrogen-bond donors (Lipinski definition) is 1. The van der Waals surface area contributed by atoms with Crippen molar-refractivity contribution in [3.63, 3.8) is 0 Å². The van der Waals surface area contributed by atoms with Gasteiger partial charge in [-0.05, 0) is 42.1 Å². The standard InChI is InChI=1S/C20H25N5O3S3/c1-3-25(4-2)31(27,28)18-9-7-16(8-10-18)22-19(26)14-30-20-23-21-15-24(20)12-11-17-6-5-13-29-17/h5-10,13,15H,3-4,11-12,14H2,1-2H3,(H,22,26). The molecule has 0 fully saturated rings. The summed E-state index contributed by atoms with van der Waals surface area (Å²) in [6.45, 7) is 5.17. The van der Waals surface area contributed by atoms with E-state index in [4.69, 9.17) is 0 Å².